The van der Waals surface area contributed by atoms with Crippen LogP contribution in [0.3, 0.4) is 0 Å². The first-order valence-electron chi connectivity index (χ1n) is 7.90. The summed E-state index contributed by atoms with van der Waals surface area (Å²) in [5.41, 5.74) is 3.27. The lowest BCUT2D eigenvalue weighted by Gasteiger charge is -2.17. The minimum absolute atomic E-state index is 0.103. The van der Waals surface area contributed by atoms with Gasteiger partial charge in [-0.2, -0.15) is 0 Å². The number of nitrogens with zero attached hydrogens (tertiary/aromatic N) is 2. The fourth-order valence-corrected chi connectivity index (χ4v) is 2.55. The van der Waals surface area contributed by atoms with Crippen LogP contribution in [-0.4, -0.2) is 17.9 Å². The molecule has 0 unspecified atom stereocenters. The summed E-state index contributed by atoms with van der Waals surface area (Å²) in [6, 6.07) is 19.0. The van der Waals surface area contributed by atoms with Gasteiger partial charge in [0.2, 0.25) is 0 Å². The number of hydrogen-bond donors (Lipinski definition) is 1. The van der Waals surface area contributed by atoms with Crippen LogP contribution in [0.4, 0.5) is 11.4 Å². The Hall–Kier alpha value is -2.85. The zero-order valence-electron chi connectivity index (χ0n) is 13.8. The molecule has 1 heterocycles. The molecule has 3 aromatic rings. The van der Waals surface area contributed by atoms with E-state index in [1.54, 1.807) is 24.3 Å². The number of amides is 1. The van der Waals surface area contributed by atoms with Crippen LogP contribution in [0, 0.1) is 0 Å². The van der Waals surface area contributed by atoms with Gasteiger partial charge in [0.25, 0.3) is 5.91 Å². The maximum Gasteiger partial charge on any atom is 0.259 e. The molecule has 0 aliphatic heterocycles. The molecule has 1 amide bonds. The number of para-hydroxylation sites is 1. The van der Waals surface area contributed by atoms with Gasteiger partial charge in [-0.25, -0.2) is 0 Å². The van der Waals surface area contributed by atoms with Crippen LogP contribution in [-0.2, 0) is 6.54 Å². The molecule has 0 radical (unpaired) electrons. The third-order valence-corrected chi connectivity index (χ3v) is 4.10. The molecular weight excluding hydrogens is 334 g/mol. The van der Waals surface area contributed by atoms with Crippen molar-refractivity contribution in [3.05, 3.63) is 89.2 Å². The predicted octanol–water partition coefficient (Wildman–Crippen LogP) is 4.62. The Bertz CT molecular complexity index is 850. The first kappa shape index (κ1) is 17.0. The fourth-order valence-electron chi connectivity index (χ4n) is 2.42. The van der Waals surface area contributed by atoms with Crippen molar-refractivity contribution in [2.75, 3.05) is 17.3 Å². The van der Waals surface area contributed by atoms with Crippen LogP contribution in [0.1, 0.15) is 15.9 Å². The lowest BCUT2D eigenvalue weighted by atomic mass is 10.2. The van der Waals surface area contributed by atoms with E-state index in [9.17, 15) is 4.79 Å². The van der Waals surface area contributed by atoms with Crippen molar-refractivity contribution in [1.82, 2.24) is 4.98 Å². The number of carbonyl (C=O) groups excluding carboxylic acids is 1. The van der Waals surface area contributed by atoms with Gasteiger partial charge in [0.05, 0.1) is 11.3 Å². The second-order valence-electron chi connectivity index (χ2n) is 5.64. The van der Waals surface area contributed by atoms with Crippen LogP contribution < -0.4 is 10.2 Å². The minimum atomic E-state index is -0.103. The van der Waals surface area contributed by atoms with Crippen LogP contribution in [0.15, 0.2) is 73.1 Å². The van der Waals surface area contributed by atoms with Gasteiger partial charge in [0.1, 0.15) is 0 Å². The summed E-state index contributed by atoms with van der Waals surface area (Å²) in [5.74, 6) is -0.103. The highest BCUT2D eigenvalue weighted by Crippen LogP contribution is 2.17. The smallest absolute Gasteiger partial charge is 0.259 e. The molecule has 1 aromatic heterocycles. The molecule has 0 fully saturated rings. The van der Waals surface area contributed by atoms with Crippen molar-refractivity contribution in [2.24, 2.45) is 0 Å². The van der Waals surface area contributed by atoms with Crippen molar-refractivity contribution in [3.8, 4) is 0 Å². The van der Waals surface area contributed by atoms with Crippen molar-refractivity contribution >= 4 is 28.9 Å². The summed E-state index contributed by atoms with van der Waals surface area (Å²) in [7, 11) is 1.76. The Morgan fingerprint density at radius 2 is 1.80 bits per heavy atom. The maximum atomic E-state index is 12.7. The van der Waals surface area contributed by atoms with E-state index in [0.717, 1.165) is 16.9 Å². The number of aromatic nitrogens is 1. The van der Waals surface area contributed by atoms with Crippen molar-refractivity contribution < 1.29 is 4.79 Å². The zero-order chi connectivity index (χ0) is 17.6. The highest BCUT2D eigenvalue weighted by molar-refractivity contribution is 6.30. The Morgan fingerprint density at radius 3 is 2.52 bits per heavy atom. The number of halogens is 1. The maximum absolute atomic E-state index is 12.7. The molecular formula is C20H18ClN3O. The lowest BCUT2D eigenvalue weighted by molar-refractivity contribution is 0.0992. The summed E-state index contributed by atoms with van der Waals surface area (Å²) in [6.07, 6.45) is 3.28. The summed E-state index contributed by atoms with van der Waals surface area (Å²) in [4.78, 5) is 18.4. The topological polar surface area (TPSA) is 45.2 Å². The van der Waals surface area contributed by atoms with E-state index >= 15 is 0 Å². The molecule has 0 atom stereocenters. The van der Waals surface area contributed by atoms with Gasteiger partial charge in [-0.15, -0.1) is 0 Å². The summed E-state index contributed by atoms with van der Waals surface area (Å²) in [5, 5.41) is 3.99. The molecule has 2 aromatic carbocycles. The number of anilines is 2. The molecule has 5 heteroatoms. The molecule has 25 heavy (non-hydrogen) atoms. The highest BCUT2D eigenvalue weighted by Gasteiger charge is 2.14. The Balaban J connectivity index is 1.70. The first-order valence-corrected chi connectivity index (χ1v) is 8.28. The summed E-state index contributed by atoms with van der Waals surface area (Å²) in [6.45, 7) is 0.630. The standard InChI is InChI=1S/C20H18ClN3O/c1-24(19-5-3-2-4-6-19)20(25)16-11-18(14-22-13-16)23-12-15-7-9-17(21)10-8-15/h2-11,13-14,23H,12H2,1H3. The van der Waals surface area contributed by atoms with E-state index in [4.69, 9.17) is 11.6 Å². The highest BCUT2D eigenvalue weighted by atomic mass is 35.5. The number of carbonyl (C=O) groups is 1. The van der Waals surface area contributed by atoms with Gasteiger partial charge in [0.15, 0.2) is 0 Å². The van der Waals surface area contributed by atoms with E-state index < -0.39 is 0 Å². The molecule has 0 spiro atoms. The lowest BCUT2D eigenvalue weighted by Crippen LogP contribution is -2.26. The average molecular weight is 352 g/mol. The number of nitrogens with one attached hydrogen (secondary N) is 1. The van der Waals surface area contributed by atoms with Gasteiger partial charge >= 0.3 is 0 Å². The van der Waals surface area contributed by atoms with E-state index in [1.807, 2.05) is 60.7 Å². The van der Waals surface area contributed by atoms with Gasteiger partial charge in [-0.1, -0.05) is 41.9 Å². The number of hydrogen-bond acceptors (Lipinski definition) is 3. The van der Waals surface area contributed by atoms with Crippen molar-refractivity contribution in [1.29, 1.82) is 0 Å². The first-order chi connectivity index (χ1) is 12.1. The second-order valence-corrected chi connectivity index (χ2v) is 6.08. The van der Waals surface area contributed by atoms with Crippen molar-refractivity contribution in [3.63, 3.8) is 0 Å². The summed E-state index contributed by atoms with van der Waals surface area (Å²) >= 11 is 5.89. The predicted molar refractivity (Wildman–Crippen MR) is 102 cm³/mol. The van der Waals surface area contributed by atoms with Gasteiger partial charge in [-0.3, -0.25) is 9.78 Å². The second kappa shape index (κ2) is 7.81. The molecule has 0 bridgehead atoms. The number of benzene rings is 2. The van der Waals surface area contributed by atoms with E-state index in [-0.39, 0.29) is 5.91 Å². The van der Waals surface area contributed by atoms with Crippen LogP contribution >= 0.6 is 11.6 Å². The van der Waals surface area contributed by atoms with E-state index in [1.165, 1.54) is 0 Å². The van der Waals surface area contributed by atoms with Gasteiger partial charge in [-0.05, 0) is 35.9 Å². The average Bonchev–Trinajstić information content (AvgIpc) is 2.67. The Labute approximate surface area is 152 Å². The molecule has 3 rings (SSSR count). The Kier molecular flexibility index (Phi) is 5.31. The normalized spacial score (nSPS) is 10.3. The third kappa shape index (κ3) is 4.37. The molecule has 1 N–H and O–H groups in total. The van der Waals surface area contributed by atoms with Gasteiger partial charge < -0.3 is 10.2 Å². The molecule has 4 nitrogen and oxygen atoms in total. The molecule has 0 aliphatic rings. The monoisotopic (exact) mass is 351 g/mol. The number of pyridine rings is 1. The van der Waals surface area contributed by atoms with Crippen LogP contribution in [0.5, 0.6) is 0 Å². The van der Waals surface area contributed by atoms with E-state index in [0.29, 0.717) is 17.1 Å². The fraction of sp³-hybridized carbons (Fsp3) is 0.100. The largest absolute Gasteiger partial charge is 0.380 e. The molecule has 0 aliphatic carbocycles. The van der Waals surface area contributed by atoms with Crippen LogP contribution in [0.2, 0.25) is 5.02 Å². The van der Waals surface area contributed by atoms with Crippen LogP contribution in [0.25, 0.3) is 0 Å². The zero-order valence-corrected chi connectivity index (χ0v) is 14.6. The van der Waals surface area contributed by atoms with Crippen molar-refractivity contribution in [2.45, 2.75) is 6.54 Å². The third-order valence-electron chi connectivity index (χ3n) is 3.84. The minimum Gasteiger partial charge on any atom is -0.380 e. The Morgan fingerprint density at radius 1 is 1.08 bits per heavy atom. The SMILES string of the molecule is CN(C(=O)c1cncc(NCc2ccc(Cl)cc2)c1)c1ccccc1. The van der Waals surface area contributed by atoms with Gasteiger partial charge in [0, 0.05) is 36.7 Å². The molecule has 126 valence electrons. The summed E-state index contributed by atoms with van der Waals surface area (Å²) < 4.78 is 0. The number of rotatable bonds is 5. The molecule has 0 saturated carbocycles. The van der Waals surface area contributed by atoms with E-state index in [2.05, 4.69) is 10.3 Å². The molecule has 0 saturated heterocycles. The quantitative estimate of drug-likeness (QED) is 0.729.